The lowest BCUT2D eigenvalue weighted by Gasteiger charge is -2.31. The zero-order valence-electron chi connectivity index (χ0n) is 14.2. The van der Waals surface area contributed by atoms with Crippen molar-refractivity contribution in [2.45, 2.75) is 19.8 Å². The number of likely N-dealkylation sites (tertiary alicyclic amines) is 1. The third-order valence-corrected chi connectivity index (χ3v) is 3.85. The molecule has 0 aromatic carbocycles. The van der Waals surface area contributed by atoms with Crippen molar-refractivity contribution in [3.05, 3.63) is 23.9 Å². The average molecular weight is 336 g/mol. The number of amides is 1. The number of esters is 1. The number of hydrogen-bond donors (Lipinski definition) is 0. The first-order valence-electron chi connectivity index (χ1n) is 8.19. The van der Waals surface area contributed by atoms with Crippen LogP contribution in [0.25, 0.3) is 0 Å². The highest BCUT2D eigenvalue weighted by Crippen LogP contribution is 2.21. The molecule has 1 saturated heterocycles. The van der Waals surface area contributed by atoms with Crippen LogP contribution < -0.4 is 4.74 Å². The fourth-order valence-corrected chi connectivity index (χ4v) is 2.65. The predicted octanol–water partition coefficient (Wildman–Crippen LogP) is 1.52. The monoisotopic (exact) mass is 336 g/mol. The molecule has 1 amide bonds. The van der Waals surface area contributed by atoms with Crippen LogP contribution in [-0.2, 0) is 14.3 Å². The van der Waals surface area contributed by atoms with Crippen molar-refractivity contribution in [2.24, 2.45) is 5.92 Å². The van der Waals surface area contributed by atoms with Gasteiger partial charge in [-0.25, -0.2) is 4.98 Å². The van der Waals surface area contributed by atoms with Crippen LogP contribution in [0.5, 0.6) is 5.88 Å². The maximum atomic E-state index is 12.7. The van der Waals surface area contributed by atoms with Gasteiger partial charge in [0.1, 0.15) is 6.61 Å². The number of hydrogen-bond acceptors (Lipinski definition) is 6. The van der Waals surface area contributed by atoms with E-state index in [0.29, 0.717) is 44.4 Å². The second kappa shape index (κ2) is 9.22. The van der Waals surface area contributed by atoms with Crippen molar-refractivity contribution >= 4 is 11.9 Å². The average Bonchev–Trinajstić information content (AvgIpc) is 2.62. The van der Waals surface area contributed by atoms with Gasteiger partial charge in [0.15, 0.2) is 0 Å². The number of nitrogens with zero attached hydrogens (tertiary/aromatic N) is 2. The molecule has 1 aliphatic heterocycles. The molecule has 0 saturated carbocycles. The number of piperidine rings is 1. The number of aromatic nitrogens is 1. The number of methoxy groups -OCH3 is 1. The van der Waals surface area contributed by atoms with E-state index in [4.69, 9.17) is 14.2 Å². The van der Waals surface area contributed by atoms with E-state index in [2.05, 4.69) is 4.98 Å². The van der Waals surface area contributed by atoms with E-state index in [9.17, 15) is 9.59 Å². The molecule has 0 unspecified atom stereocenters. The number of carbonyl (C=O) groups excluding carboxylic acids is 2. The van der Waals surface area contributed by atoms with E-state index in [1.807, 2.05) is 0 Å². The summed E-state index contributed by atoms with van der Waals surface area (Å²) >= 11 is 0. The molecule has 0 aliphatic carbocycles. The Morgan fingerprint density at radius 3 is 2.96 bits per heavy atom. The Hall–Kier alpha value is -2.15. The molecule has 1 fully saturated rings. The van der Waals surface area contributed by atoms with Gasteiger partial charge in [0, 0.05) is 38.0 Å². The normalized spacial score (nSPS) is 17.4. The van der Waals surface area contributed by atoms with E-state index in [1.165, 1.54) is 0 Å². The molecule has 7 heteroatoms. The van der Waals surface area contributed by atoms with E-state index in [0.717, 1.165) is 12.8 Å². The van der Waals surface area contributed by atoms with Crippen molar-refractivity contribution in [1.29, 1.82) is 0 Å². The zero-order valence-corrected chi connectivity index (χ0v) is 14.2. The number of carbonyl (C=O) groups is 2. The summed E-state index contributed by atoms with van der Waals surface area (Å²) in [7, 11) is 1.59. The minimum atomic E-state index is -0.248. The Morgan fingerprint density at radius 1 is 1.38 bits per heavy atom. The Kier molecular flexibility index (Phi) is 6.99. The summed E-state index contributed by atoms with van der Waals surface area (Å²) in [6, 6.07) is 3.27. The molecule has 0 spiro atoms. The molecule has 7 nitrogen and oxygen atoms in total. The van der Waals surface area contributed by atoms with Crippen LogP contribution in [0.4, 0.5) is 0 Å². The van der Waals surface area contributed by atoms with Crippen LogP contribution in [-0.4, -0.2) is 61.8 Å². The molecule has 2 heterocycles. The summed E-state index contributed by atoms with van der Waals surface area (Å²) in [5.41, 5.74) is 0.502. The van der Waals surface area contributed by atoms with Crippen LogP contribution in [0, 0.1) is 5.92 Å². The van der Waals surface area contributed by atoms with E-state index in [1.54, 1.807) is 37.3 Å². The first-order chi connectivity index (χ1) is 11.7. The molecule has 24 heavy (non-hydrogen) atoms. The molecule has 1 aromatic rings. The molecule has 0 radical (unpaired) electrons. The van der Waals surface area contributed by atoms with Crippen LogP contribution in [0.3, 0.4) is 0 Å². The van der Waals surface area contributed by atoms with Gasteiger partial charge < -0.3 is 19.1 Å². The highest BCUT2D eigenvalue weighted by molar-refractivity contribution is 5.94. The molecular formula is C17H24N2O5. The van der Waals surface area contributed by atoms with Gasteiger partial charge in [-0.05, 0) is 25.8 Å². The maximum Gasteiger partial charge on any atom is 0.310 e. The maximum absolute atomic E-state index is 12.7. The van der Waals surface area contributed by atoms with Gasteiger partial charge >= 0.3 is 5.97 Å². The van der Waals surface area contributed by atoms with Gasteiger partial charge in [0.2, 0.25) is 5.88 Å². The summed E-state index contributed by atoms with van der Waals surface area (Å²) in [6.45, 7) is 3.99. The Morgan fingerprint density at radius 2 is 2.21 bits per heavy atom. The summed E-state index contributed by atoms with van der Waals surface area (Å²) in [5.74, 6) is -0.213. The quantitative estimate of drug-likeness (QED) is 0.555. The second-order valence-corrected chi connectivity index (χ2v) is 5.57. The Balaban J connectivity index is 1.99. The SMILES string of the molecule is CCOC(=O)[C@@H]1CCCN(C(=O)c2ccnc(OCCOC)c2)C1. The van der Waals surface area contributed by atoms with Crippen LogP contribution >= 0.6 is 0 Å². The van der Waals surface area contributed by atoms with Gasteiger partial charge in [0.25, 0.3) is 5.91 Å². The van der Waals surface area contributed by atoms with Gasteiger partial charge in [0.05, 0.1) is 19.1 Å². The lowest BCUT2D eigenvalue weighted by Crippen LogP contribution is -2.42. The first kappa shape index (κ1) is 18.2. The summed E-state index contributed by atoms with van der Waals surface area (Å²) in [5, 5.41) is 0. The fraction of sp³-hybridized carbons (Fsp3) is 0.588. The van der Waals surface area contributed by atoms with Gasteiger partial charge in [-0.2, -0.15) is 0 Å². The van der Waals surface area contributed by atoms with E-state index < -0.39 is 0 Å². The molecule has 2 rings (SSSR count). The predicted molar refractivity (Wildman–Crippen MR) is 86.9 cm³/mol. The molecule has 1 aliphatic rings. The largest absolute Gasteiger partial charge is 0.475 e. The highest BCUT2D eigenvalue weighted by atomic mass is 16.5. The van der Waals surface area contributed by atoms with Crippen molar-refractivity contribution in [1.82, 2.24) is 9.88 Å². The van der Waals surface area contributed by atoms with Crippen LogP contribution in [0.2, 0.25) is 0 Å². The van der Waals surface area contributed by atoms with Crippen molar-refractivity contribution in [2.75, 3.05) is 40.0 Å². The lowest BCUT2D eigenvalue weighted by atomic mass is 9.97. The van der Waals surface area contributed by atoms with Crippen molar-refractivity contribution in [3.8, 4) is 5.88 Å². The van der Waals surface area contributed by atoms with Gasteiger partial charge in [-0.15, -0.1) is 0 Å². The third-order valence-electron chi connectivity index (χ3n) is 3.85. The highest BCUT2D eigenvalue weighted by Gasteiger charge is 2.29. The topological polar surface area (TPSA) is 78.0 Å². The van der Waals surface area contributed by atoms with Crippen LogP contribution in [0.1, 0.15) is 30.1 Å². The fourth-order valence-electron chi connectivity index (χ4n) is 2.65. The second-order valence-electron chi connectivity index (χ2n) is 5.57. The lowest BCUT2D eigenvalue weighted by molar-refractivity contribution is -0.149. The van der Waals surface area contributed by atoms with Crippen LogP contribution in [0.15, 0.2) is 18.3 Å². The molecule has 1 atom stereocenters. The third kappa shape index (κ3) is 4.92. The summed E-state index contributed by atoms with van der Waals surface area (Å²) in [6.07, 6.45) is 3.09. The first-order valence-corrected chi connectivity index (χ1v) is 8.19. The smallest absolute Gasteiger partial charge is 0.310 e. The molecule has 1 aromatic heterocycles. The van der Waals surface area contributed by atoms with E-state index in [-0.39, 0.29) is 17.8 Å². The van der Waals surface area contributed by atoms with Crippen molar-refractivity contribution in [3.63, 3.8) is 0 Å². The summed E-state index contributed by atoms with van der Waals surface area (Å²) < 4.78 is 15.4. The van der Waals surface area contributed by atoms with Gasteiger partial charge in [-0.3, -0.25) is 9.59 Å². The minimum absolute atomic E-state index is 0.122. The van der Waals surface area contributed by atoms with Crippen molar-refractivity contribution < 1.29 is 23.8 Å². The summed E-state index contributed by atoms with van der Waals surface area (Å²) in [4.78, 5) is 30.4. The number of rotatable bonds is 7. The molecule has 0 N–H and O–H groups in total. The Bertz CT molecular complexity index is 564. The molecule has 0 bridgehead atoms. The molecule has 132 valence electrons. The number of ether oxygens (including phenoxy) is 3. The van der Waals surface area contributed by atoms with E-state index >= 15 is 0 Å². The Labute approximate surface area is 141 Å². The van der Waals surface area contributed by atoms with Gasteiger partial charge in [-0.1, -0.05) is 0 Å². The standard InChI is InChI=1S/C17H24N2O5/c1-3-23-17(21)14-5-4-8-19(12-14)16(20)13-6-7-18-15(11-13)24-10-9-22-2/h6-7,11,14H,3-5,8-10,12H2,1-2H3/t14-/m1/s1. The molecular weight excluding hydrogens is 312 g/mol. The zero-order chi connectivity index (χ0) is 17.4. The minimum Gasteiger partial charge on any atom is -0.475 e. The number of pyridine rings is 1.